The number of nitrogens with one attached hydrogen (secondary N) is 1. The maximum atomic E-state index is 15.7. The number of nitrogens with zero attached hydrogens (tertiary/aromatic N) is 6. The van der Waals surface area contributed by atoms with Crippen LogP contribution in [0.5, 0.6) is 0 Å². The number of halogens is 2. The van der Waals surface area contributed by atoms with E-state index in [9.17, 15) is 9.59 Å². The summed E-state index contributed by atoms with van der Waals surface area (Å²) >= 11 is 6.93. The fourth-order valence-corrected chi connectivity index (χ4v) is 6.71. The lowest BCUT2D eigenvalue weighted by molar-refractivity contribution is 0.0453. The van der Waals surface area contributed by atoms with Crippen LogP contribution < -0.4 is 15.8 Å². The Bertz CT molecular complexity index is 1810. The van der Waals surface area contributed by atoms with Gasteiger partial charge in [-0.25, -0.2) is 9.18 Å². The molecule has 0 aliphatic carbocycles. The zero-order valence-electron chi connectivity index (χ0n) is 28.0. The second kappa shape index (κ2) is 12.6. The minimum Gasteiger partial charge on any atom is -0.444 e. The quantitative estimate of drug-likeness (QED) is 0.169. The third-order valence-corrected chi connectivity index (χ3v) is 10.3. The topological polar surface area (TPSA) is 108 Å². The molecule has 1 aliphatic heterocycles. The average molecular weight is 674 g/mol. The highest BCUT2D eigenvalue weighted by atomic mass is 35.5. The molecular formula is C32H45ClFN7O4Si. The van der Waals surface area contributed by atoms with Crippen LogP contribution in [0.25, 0.3) is 33.1 Å². The third-order valence-electron chi connectivity index (χ3n) is 8.22. The maximum Gasteiger partial charge on any atom is 0.407 e. The van der Waals surface area contributed by atoms with Crippen molar-refractivity contribution in [3.8, 4) is 11.1 Å². The second-order valence-electron chi connectivity index (χ2n) is 14.5. The molecule has 0 unspecified atom stereocenters. The molecule has 1 aromatic carbocycles. The smallest absolute Gasteiger partial charge is 0.407 e. The number of anilines is 1. The number of carbonyl (C=O) groups is 1. The number of alkyl halides is 1. The number of aryl methyl sites for hydroxylation is 1. The van der Waals surface area contributed by atoms with Crippen LogP contribution in [-0.2, 0) is 30.3 Å². The molecule has 250 valence electrons. The van der Waals surface area contributed by atoms with Crippen LogP contribution in [0.1, 0.15) is 33.6 Å². The Hall–Kier alpha value is -3.42. The number of amides is 1. The number of aromatic nitrogens is 5. The van der Waals surface area contributed by atoms with Gasteiger partial charge in [-0.1, -0.05) is 37.3 Å². The van der Waals surface area contributed by atoms with E-state index in [1.807, 2.05) is 41.0 Å². The van der Waals surface area contributed by atoms with E-state index < -0.39 is 25.4 Å². The van der Waals surface area contributed by atoms with Crippen LogP contribution in [0.3, 0.4) is 0 Å². The van der Waals surface area contributed by atoms with Crippen molar-refractivity contribution < 1.29 is 18.7 Å². The maximum absolute atomic E-state index is 15.7. The van der Waals surface area contributed by atoms with Gasteiger partial charge in [0.05, 0.1) is 22.5 Å². The van der Waals surface area contributed by atoms with Crippen molar-refractivity contribution in [1.29, 1.82) is 0 Å². The zero-order chi connectivity index (χ0) is 33.6. The molecule has 0 atom stereocenters. The van der Waals surface area contributed by atoms with Crippen LogP contribution in [0.15, 0.2) is 29.3 Å². The van der Waals surface area contributed by atoms with Crippen LogP contribution in [0, 0.1) is 0 Å². The molecule has 46 heavy (non-hydrogen) atoms. The van der Waals surface area contributed by atoms with E-state index in [4.69, 9.17) is 26.1 Å². The summed E-state index contributed by atoms with van der Waals surface area (Å²) in [6.45, 7) is 13.5. The van der Waals surface area contributed by atoms with E-state index in [2.05, 4.69) is 30.1 Å². The van der Waals surface area contributed by atoms with Crippen molar-refractivity contribution >= 4 is 53.7 Å². The molecule has 1 fully saturated rings. The number of hydrogen-bond donors (Lipinski definition) is 1. The highest BCUT2D eigenvalue weighted by Gasteiger charge is 2.37. The standard InChI is InChI=1S/C32H45ClFN7O4Si/c1-31(2,3)45-30(43)35-19-32(34)11-13-40(14-12-32)29-36-27-25(28(42)39(29)5)22(18-41(27)20-44-15-16-46(6,7)8)21-9-10-24-23(26(21)33)17-38(4)37-24/h9-10,17-18H,11-16,19-20H2,1-8H3,(H,35,43). The van der Waals surface area contributed by atoms with E-state index >= 15 is 4.39 Å². The largest absolute Gasteiger partial charge is 0.444 e. The number of rotatable bonds is 9. The van der Waals surface area contributed by atoms with Gasteiger partial charge in [-0.3, -0.25) is 14.0 Å². The highest BCUT2D eigenvalue weighted by molar-refractivity contribution is 6.76. The summed E-state index contributed by atoms with van der Waals surface area (Å²) in [5, 5.41) is 8.76. The molecule has 4 aromatic rings. The molecule has 1 saturated heterocycles. The molecule has 3 aromatic heterocycles. The number of piperidine rings is 1. The Labute approximate surface area is 274 Å². The van der Waals surface area contributed by atoms with Gasteiger partial charge in [0.1, 0.15) is 18.0 Å². The fourth-order valence-electron chi connectivity index (χ4n) is 5.65. The summed E-state index contributed by atoms with van der Waals surface area (Å²) in [6, 6.07) is 4.78. The van der Waals surface area contributed by atoms with Gasteiger partial charge in [-0.15, -0.1) is 0 Å². The van der Waals surface area contributed by atoms with Gasteiger partial charge < -0.3 is 24.3 Å². The Morgan fingerprint density at radius 3 is 2.48 bits per heavy atom. The van der Waals surface area contributed by atoms with Gasteiger partial charge in [0.15, 0.2) is 5.65 Å². The van der Waals surface area contributed by atoms with Crippen molar-refractivity contribution in [2.75, 3.05) is 31.1 Å². The van der Waals surface area contributed by atoms with Crippen molar-refractivity contribution in [2.45, 2.75) is 77.3 Å². The van der Waals surface area contributed by atoms with Crippen LogP contribution in [0.4, 0.5) is 15.1 Å². The average Bonchev–Trinajstić information content (AvgIpc) is 3.52. The summed E-state index contributed by atoms with van der Waals surface area (Å²) in [5.41, 5.74) is 0.105. The Kier molecular flexibility index (Phi) is 9.33. The van der Waals surface area contributed by atoms with Gasteiger partial charge in [-0.2, -0.15) is 10.1 Å². The summed E-state index contributed by atoms with van der Waals surface area (Å²) in [4.78, 5) is 33.2. The number of alkyl carbamates (subject to hydrolysis) is 1. The molecule has 14 heteroatoms. The van der Waals surface area contributed by atoms with Crippen molar-refractivity contribution in [1.82, 2.24) is 29.2 Å². The summed E-state index contributed by atoms with van der Waals surface area (Å²) in [7, 11) is 2.22. The Morgan fingerprint density at radius 2 is 1.83 bits per heavy atom. The van der Waals surface area contributed by atoms with Crippen molar-refractivity contribution in [2.24, 2.45) is 14.1 Å². The van der Waals surface area contributed by atoms with Gasteiger partial charge in [0.25, 0.3) is 5.56 Å². The van der Waals surface area contributed by atoms with Crippen molar-refractivity contribution in [3.63, 3.8) is 0 Å². The number of hydrogen-bond acceptors (Lipinski definition) is 7. The number of benzene rings is 1. The molecule has 1 amide bonds. The molecule has 0 saturated carbocycles. The Morgan fingerprint density at radius 1 is 1.13 bits per heavy atom. The van der Waals surface area contributed by atoms with Gasteiger partial charge in [-0.05, 0) is 32.9 Å². The van der Waals surface area contributed by atoms with E-state index in [1.165, 1.54) is 4.57 Å². The minimum atomic E-state index is -1.60. The van der Waals surface area contributed by atoms with Crippen LogP contribution >= 0.6 is 11.6 Å². The van der Waals surface area contributed by atoms with E-state index in [1.54, 1.807) is 32.5 Å². The molecule has 11 nitrogen and oxygen atoms in total. The summed E-state index contributed by atoms with van der Waals surface area (Å²) < 4.78 is 32.2. The zero-order valence-corrected chi connectivity index (χ0v) is 29.8. The minimum absolute atomic E-state index is 0.149. The normalized spacial score (nSPS) is 15.6. The SMILES string of the molecule is Cn1cc2c(Cl)c(-c3cn(COCC[Si](C)(C)C)c4nc(N5CCC(F)(CNC(=O)OC(C)(C)C)CC5)n(C)c(=O)c34)ccc2n1. The van der Waals surface area contributed by atoms with Crippen molar-refractivity contribution in [3.05, 3.63) is 39.9 Å². The fraction of sp³-hybridized carbons (Fsp3) is 0.562. The molecule has 5 rings (SSSR count). The van der Waals surface area contributed by atoms with E-state index in [0.717, 1.165) is 16.9 Å². The monoisotopic (exact) mass is 673 g/mol. The van der Waals surface area contributed by atoms with Gasteiger partial charge >= 0.3 is 6.09 Å². The molecular weight excluding hydrogens is 629 g/mol. The lowest BCUT2D eigenvalue weighted by Gasteiger charge is -2.37. The first-order valence-corrected chi connectivity index (χ1v) is 19.7. The molecule has 1 aliphatic rings. The predicted molar refractivity (Wildman–Crippen MR) is 183 cm³/mol. The first-order chi connectivity index (χ1) is 21.4. The first kappa shape index (κ1) is 33.9. The summed E-state index contributed by atoms with van der Waals surface area (Å²) in [5.74, 6) is 0.446. The second-order valence-corrected chi connectivity index (χ2v) is 20.5. The lowest BCUT2D eigenvalue weighted by atomic mass is 9.93. The summed E-state index contributed by atoms with van der Waals surface area (Å²) in [6.07, 6.45) is 3.41. The van der Waals surface area contributed by atoms with Crippen LogP contribution in [-0.4, -0.2) is 75.6 Å². The Balaban J connectivity index is 1.47. The van der Waals surface area contributed by atoms with E-state index in [0.29, 0.717) is 52.8 Å². The molecule has 1 N–H and O–H groups in total. The number of carbonyl (C=O) groups excluding carboxylic acids is 1. The third kappa shape index (κ3) is 7.42. The molecule has 0 radical (unpaired) electrons. The van der Waals surface area contributed by atoms with Gasteiger partial charge in [0, 0.05) is 83.6 Å². The highest BCUT2D eigenvalue weighted by Crippen LogP contribution is 2.38. The molecule has 0 spiro atoms. The number of ether oxygens (including phenoxy) is 2. The number of fused-ring (bicyclic) bond motifs is 2. The van der Waals surface area contributed by atoms with E-state index in [-0.39, 0.29) is 31.7 Å². The molecule has 0 bridgehead atoms. The first-order valence-electron chi connectivity index (χ1n) is 15.7. The van der Waals surface area contributed by atoms with Gasteiger partial charge in [0.2, 0.25) is 5.95 Å². The predicted octanol–water partition coefficient (Wildman–Crippen LogP) is 6.09. The lowest BCUT2D eigenvalue weighted by Crippen LogP contribution is -2.50. The molecule has 4 heterocycles. The van der Waals surface area contributed by atoms with Crippen LogP contribution in [0.2, 0.25) is 30.7 Å².